The van der Waals surface area contributed by atoms with Crippen molar-refractivity contribution in [1.29, 1.82) is 0 Å². The number of carbonyl (C=O) groups is 2. The molecule has 2 amide bonds. The van der Waals surface area contributed by atoms with Crippen molar-refractivity contribution in [3.8, 4) is 5.75 Å². The third-order valence-corrected chi connectivity index (χ3v) is 4.72. The van der Waals surface area contributed by atoms with Crippen LogP contribution in [0, 0.1) is 0 Å². The second kappa shape index (κ2) is 8.45. The first-order valence-electron chi connectivity index (χ1n) is 7.74. The second-order valence-electron chi connectivity index (χ2n) is 5.20. The fourth-order valence-electron chi connectivity index (χ4n) is 2.08. The van der Waals surface area contributed by atoms with Gasteiger partial charge in [0.25, 0.3) is 5.91 Å². The molecule has 0 saturated heterocycles. The number of para-hydroxylation sites is 2. The molecule has 0 spiro atoms. The van der Waals surface area contributed by atoms with Crippen LogP contribution in [0.3, 0.4) is 0 Å². The van der Waals surface area contributed by atoms with Crippen molar-refractivity contribution in [2.45, 2.75) is 11.8 Å². The lowest BCUT2D eigenvalue weighted by molar-refractivity contribution is -0.116. The third kappa shape index (κ3) is 5.04. The number of ether oxygens (including phenoxy) is 1. The molecular weight excluding hydrogens is 358 g/mol. The van der Waals surface area contributed by atoms with E-state index >= 15 is 0 Å². The maximum atomic E-state index is 12.4. The molecule has 4 N–H and O–H groups in total. The monoisotopic (exact) mass is 377 g/mol. The quantitative estimate of drug-likeness (QED) is 0.635. The van der Waals surface area contributed by atoms with E-state index in [1.54, 1.807) is 24.3 Å². The molecule has 138 valence electrons. The lowest BCUT2D eigenvalue weighted by atomic mass is 10.2. The number of nitrogens with two attached hydrogens (primary N) is 1. The summed E-state index contributed by atoms with van der Waals surface area (Å²) in [6, 6.07) is 12.3. The van der Waals surface area contributed by atoms with Crippen LogP contribution >= 0.6 is 0 Å². The number of carbonyl (C=O) groups excluding carboxylic acids is 2. The number of hydrogen-bond donors (Lipinski definition) is 3. The first-order chi connectivity index (χ1) is 12.3. The zero-order chi connectivity index (χ0) is 19.2. The van der Waals surface area contributed by atoms with E-state index in [1.807, 2.05) is 6.92 Å². The summed E-state index contributed by atoms with van der Waals surface area (Å²) in [6.07, 6.45) is 0. The van der Waals surface area contributed by atoms with Crippen LogP contribution in [0.1, 0.15) is 17.3 Å². The normalized spacial score (nSPS) is 11.0. The van der Waals surface area contributed by atoms with Crippen molar-refractivity contribution in [2.24, 2.45) is 5.73 Å². The minimum atomic E-state index is -3.87. The van der Waals surface area contributed by atoms with Crippen LogP contribution in [0.2, 0.25) is 0 Å². The summed E-state index contributed by atoms with van der Waals surface area (Å²) in [5, 5.41) is 2.72. The molecular formula is C17H19N3O5S. The number of primary amides is 1. The SMILES string of the molecule is CCOc1ccccc1NC(=O)c1ccc(S(=O)(=O)NCC(N)=O)cc1. The highest BCUT2D eigenvalue weighted by Gasteiger charge is 2.16. The summed E-state index contributed by atoms with van der Waals surface area (Å²) in [6.45, 7) is 1.79. The van der Waals surface area contributed by atoms with Crippen LogP contribution in [0.15, 0.2) is 53.4 Å². The molecule has 2 rings (SSSR count). The van der Waals surface area contributed by atoms with Gasteiger partial charge in [-0.25, -0.2) is 13.1 Å². The summed E-state index contributed by atoms with van der Waals surface area (Å²) in [5.41, 5.74) is 5.70. The Morgan fingerprint density at radius 1 is 1.08 bits per heavy atom. The van der Waals surface area contributed by atoms with Gasteiger partial charge in [0.1, 0.15) is 5.75 Å². The predicted molar refractivity (Wildman–Crippen MR) is 96.4 cm³/mol. The minimum Gasteiger partial charge on any atom is -0.492 e. The maximum absolute atomic E-state index is 12.4. The molecule has 0 aromatic heterocycles. The lowest BCUT2D eigenvalue weighted by Gasteiger charge is -2.11. The van der Waals surface area contributed by atoms with Gasteiger partial charge in [0.15, 0.2) is 0 Å². The first kappa shape index (κ1) is 19.4. The van der Waals surface area contributed by atoms with Crippen molar-refractivity contribution < 1.29 is 22.7 Å². The van der Waals surface area contributed by atoms with Crippen LogP contribution in [-0.4, -0.2) is 33.4 Å². The van der Waals surface area contributed by atoms with Crippen LogP contribution in [0.5, 0.6) is 5.75 Å². The van der Waals surface area contributed by atoms with E-state index in [-0.39, 0.29) is 10.5 Å². The number of nitrogens with one attached hydrogen (secondary N) is 2. The van der Waals surface area contributed by atoms with E-state index in [0.717, 1.165) is 0 Å². The van der Waals surface area contributed by atoms with Gasteiger partial charge in [-0.2, -0.15) is 0 Å². The Morgan fingerprint density at radius 2 is 1.73 bits per heavy atom. The Morgan fingerprint density at radius 3 is 2.35 bits per heavy atom. The highest BCUT2D eigenvalue weighted by atomic mass is 32.2. The van der Waals surface area contributed by atoms with Crippen LogP contribution in [-0.2, 0) is 14.8 Å². The van der Waals surface area contributed by atoms with E-state index in [0.29, 0.717) is 18.0 Å². The van der Waals surface area contributed by atoms with Crippen LogP contribution in [0.25, 0.3) is 0 Å². The molecule has 2 aromatic carbocycles. The predicted octanol–water partition coefficient (Wildman–Crippen LogP) is 1.10. The number of benzene rings is 2. The van der Waals surface area contributed by atoms with Gasteiger partial charge in [-0.1, -0.05) is 12.1 Å². The number of hydrogen-bond acceptors (Lipinski definition) is 5. The van der Waals surface area contributed by atoms with Gasteiger partial charge in [-0.05, 0) is 43.3 Å². The third-order valence-electron chi connectivity index (χ3n) is 3.30. The van der Waals surface area contributed by atoms with Gasteiger partial charge >= 0.3 is 0 Å². The second-order valence-corrected chi connectivity index (χ2v) is 6.97. The summed E-state index contributed by atoms with van der Waals surface area (Å²) in [7, 11) is -3.87. The van der Waals surface area contributed by atoms with Crippen molar-refractivity contribution >= 4 is 27.5 Å². The molecule has 26 heavy (non-hydrogen) atoms. The smallest absolute Gasteiger partial charge is 0.255 e. The van der Waals surface area contributed by atoms with Gasteiger partial charge in [0, 0.05) is 5.56 Å². The highest BCUT2D eigenvalue weighted by Crippen LogP contribution is 2.24. The van der Waals surface area contributed by atoms with E-state index in [1.165, 1.54) is 24.3 Å². The molecule has 0 aliphatic rings. The molecule has 0 aliphatic heterocycles. The Hall–Kier alpha value is -2.91. The van der Waals surface area contributed by atoms with Gasteiger partial charge in [-0.3, -0.25) is 9.59 Å². The molecule has 0 fully saturated rings. The summed E-state index contributed by atoms with van der Waals surface area (Å²) >= 11 is 0. The van der Waals surface area contributed by atoms with E-state index < -0.39 is 28.4 Å². The Bertz CT molecular complexity index is 895. The van der Waals surface area contributed by atoms with Gasteiger partial charge in [0.2, 0.25) is 15.9 Å². The molecule has 0 radical (unpaired) electrons. The molecule has 0 unspecified atom stereocenters. The molecule has 0 saturated carbocycles. The topological polar surface area (TPSA) is 128 Å². The zero-order valence-corrected chi connectivity index (χ0v) is 14.9. The van der Waals surface area contributed by atoms with Gasteiger partial charge in [-0.15, -0.1) is 0 Å². The fraction of sp³-hybridized carbons (Fsp3) is 0.176. The number of amides is 2. The first-order valence-corrected chi connectivity index (χ1v) is 9.23. The summed E-state index contributed by atoms with van der Waals surface area (Å²) in [5.74, 6) is -0.665. The molecule has 2 aromatic rings. The van der Waals surface area contributed by atoms with Crippen molar-refractivity contribution in [1.82, 2.24) is 4.72 Å². The summed E-state index contributed by atoms with van der Waals surface area (Å²) < 4.78 is 31.5. The van der Waals surface area contributed by atoms with Crippen molar-refractivity contribution in [3.63, 3.8) is 0 Å². The molecule has 0 heterocycles. The highest BCUT2D eigenvalue weighted by molar-refractivity contribution is 7.89. The average Bonchev–Trinajstić information content (AvgIpc) is 2.62. The molecule has 0 bridgehead atoms. The number of sulfonamides is 1. The Kier molecular flexibility index (Phi) is 6.31. The van der Waals surface area contributed by atoms with Gasteiger partial charge < -0.3 is 15.8 Å². The van der Waals surface area contributed by atoms with E-state index in [2.05, 4.69) is 10.0 Å². The van der Waals surface area contributed by atoms with Crippen LogP contribution in [0.4, 0.5) is 5.69 Å². The van der Waals surface area contributed by atoms with Gasteiger partial charge in [0.05, 0.1) is 23.7 Å². The van der Waals surface area contributed by atoms with E-state index in [4.69, 9.17) is 10.5 Å². The van der Waals surface area contributed by atoms with Crippen LogP contribution < -0.4 is 20.5 Å². The Labute approximate surface area is 151 Å². The lowest BCUT2D eigenvalue weighted by Crippen LogP contribution is -2.33. The van der Waals surface area contributed by atoms with E-state index in [9.17, 15) is 18.0 Å². The Balaban J connectivity index is 2.13. The largest absolute Gasteiger partial charge is 0.492 e. The van der Waals surface area contributed by atoms with Crippen molar-refractivity contribution in [2.75, 3.05) is 18.5 Å². The standard InChI is InChI=1S/C17H19N3O5S/c1-2-25-15-6-4-3-5-14(15)20-17(22)12-7-9-13(10-8-12)26(23,24)19-11-16(18)21/h3-10,19H,2,11H2,1H3,(H2,18,21)(H,20,22). The molecule has 0 atom stereocenters. The maximum Gasteiger partial charge on any atom is 0.255 e. The minimum absolute atomic E-state index is 0.0787. The summed E-state index contributed by atoms with van der Waals surface area (Å²) in [4.78, 5) is 23.0. The number of rotatable bonds is 8. The zero-order valence-electron chi connectivity index (χ0n) is 14.1. The molecule has 9 heteroatoms. The fourth-order valence-corrected chi connectivity index (χ4v) is 3.07. The van der Waals surface area contributed by atoms with Crippen molar-refractivity contribution in [3.05, 3.63) is 54.1 Å². The number of anilines is 1. The average molecular weight is 377 g/mol. The molecule has 8 nitrogen and oxygen atoms in total. The molecule has 0 aliphatic carbocycles.